The standard InChI is InChI=1S/C39H63NO5/c1-23(2)13-12-16-28(36(44)40-25(4)27-14-10-9-11-15-27)34-30-21-32(43)35-37(6)19-18-31(42)24(3)29(37)17-20-38(35,7)39(30,8)22-33(34)45-26(5)41/h13,24-25,27,29-33,35,42-43H,9-12,14-22H2,1-8H3,(H,40,44)/b34-28-/t24-,25+,29-,30-,31+,32+,33-,35-,37-,38-,39-/m0/s1. The van der Waals surface area contributed by atoms with E-state index in [4.69, 9.17) is 4.74 Å². The lowest BCUT2D eigenvalue weighted by Crippen LogP contribution is -2.65. The first kappa shape index (κ1) is 34.7. The van der Waals surface area contributed by atoms with Crippen LogP contribution in [-0.4, -0.2) is 46.4 Å². The number of esters is 1. The van der Waals surface area contributed by atoms with Gasteiger partial charge in [-0.25, -0.2) is 0 Å². The van der Waals surface area contributed by atoms with Gasteiger partial charge in [-0.3, -0.25) is 9.59 Å². The zero-order valence-electron chi connectivity index (χ0n) is 29.6. The first-order valence-electron chi connectivity index (χ1n) is 18.3. The molecule has 5 aliphatic carbocycles. The van der Waals surface area contributed by atoms with Crippen LogP contribution in [0.4, 0.5) is 0 Å². The van der Waals surface area contributed by atoms with Crippen LogP contribution in [0.5, 0.6) is 0 Å². The number of amides is 1. The van der Waals surface area contributed by atoms with Gasteiger partial charge in [0, 0.05) is 18.5 Å². The third-order valence-corrected chi connectivity index (χ3v) is 14.3. The van der Waals surface area contributed by atoms with E-state index in [2.05, 4.69) is 59.9 Å². The third kappa shape index (κ3) is 6.09. The quantitative estimate of drug-likeness (QED) is 0.153. The van der Waals surface area contributed by atoms with E-state index in [1.165, 1.54) is 31.8 Å². The van der Waals surface area contributed by atoms with E-state index < -0.39 is 12.2 Å². The second-order valence-corrected chi connectivity index (χ2v) is 17.0. The highest BCUT2D eigenvalue weighted by molar-refractivity contribution is 5.95. The Labute approximate surface area is 273 Å². The SMILES string of the molecule is CC(=O)O[C@H]1C[C@@]2(C)[C@@H](C[C@@H](O)[C@H]3[C@@]4(C)CC[C@@H](O)[C@@H](C)[C@@H]4CC[C@@]32C)/C1=C(\CCC=C(C)C)C(=O)N[C@H](C)C1CCCCC1. The van der Waals surface area contributed by atoms with Crippen LogP contribution in [0.3, 0.4) is 0 Å². The fourth-order valence-electron chi connectivity index (χ4n) is 11.8. The number of aliphatic hydroxyl groups excluding tert-OH is 2. The molecule has 0 radical (unpaired) electrons. The van der Waals surface area contributed by atoms with Gasteiger partial charge in [-0.2, -0.15) is 0 Å². The minimum absolute atomic E-state index is 0.0147. The molecule has 0 heterocycles. The van der Waals surface area contributed by atoms with Gasteiger partial charge in [0.05, 0.1) is 12.2 Å². The molecule has 6 heteroatoms. The van der Waals surface area contributed by atoms with Gasteiger partial charge in [-0.05, 0) is 136 Å². The maximum atomic E-state index is 14.4. The molecule has 45 heavy (non-hydrogen) atoms. The van der Waals surface area contributed by atoms with Gasteiger partial charge in [0.25, 0.3) is 0 Å². The molecule has 1 amide bonds. The predicted octanol–water partition coefficient (Wildman–Crippen LogP) is 7.67. The Morgan fingerprint density at radius 1 is 0.978 bits per heavy atom. The van der Waals surface area contributed by atoms with Crippen LogP contribution in [0.15, 0.2) is 22.8 Å². The van der Waals surface area contributed by atoms with Gasteiger partial charge in [0.1, 0.15) is 6.10 Å². The van der Waals surface area contributed by atoms with Crippen LogP contribution in [0.25, 0.3) is 0 Å². The van der Waals surface area contributed by atoms with Crippen LogP contribution in [-0.2, 0) is 14.3 Å². The fraction of sp³-hybridized carbons (Fsp3) is 0.846. The third-order valence-electron chi connectivity index (χ3n) is 14.3. The molecule has 5 aliphatic rings. The molecule has 11 atom stereocenters. The average molecular weight is 626 g/mol. The summed E-state index contributed by atoms with van der Waals surface area (Å²) in [6.07, 6.45) is 13.3. The number of carbonyl (C=O) groups excluding carboxylic acids is 2. The summed E-state index contributed by atoms with van der Waals surface area (Å²) >= 11 is 0. The Bertz CT molecular complexity index is 1180. The van der Waals surface area contributed by atoms with Crippen LogP contribution in [0.2, 0.25) is 0 Å². The fourth-order valence-corrected chi connectivity index (χ4v) is 11.8. The van der Waals surface area contributed by atoms with E-state index in [-0.39, 0.29) is 58.0 Å². The normalized spacial score (nSPS) is 43.3. The number of fused-ring (bicyclic) bond motifs is 5. The van der Waals surface area contributed by atoms with Crippen molar-refractivity contribution < 1.29 is 24.5 Å². The molecular weight excluding hydrogens is 562 g/mol. The summed E-state index contributed by atoms with van der Waals surface area (Å²) < 4.78 is 6.18. The van der Waals surface area contributed by atoms with Crippen molar-refractivity contribution in [3.8, 4) is 0 Å². The van der Waals surface area contributed by atoms with Crippen molar-refractivity contribution in [2.45, 2.75) is 163 Å². The van der Waals surface area contributed by atoms with Gasteiger partial charge >= 0.3 is 5.97 Å². The van der Waals surface area contributed by atoms with E-state index in [1.54, 1.807) is 0 Å². The minimum atomic E-state index is -0.516. The van der Waals surface area contributed by atoms with Crippen LogP contribution >= 0.6 is 0 Å². The molecule has 5 rings (SSSR count). The zero-order chi connectivity index (χ0) is 32.9. The van der Waals surface area contributed by atoms with E-state index >= 15 is 0 Å². The smallest absolute Gasteiger partial charge is 0.303 e. The molecule has 0 bridgehead atoms. The molecule has 0 aromatic rings. The summed E-state index contributed by atoms with van der Waals surface area (Å²) in [5, 5.41) is 26.5. The van der Waals surface area contributed by atoms with Crippen molar-refractivity contribution in [3.05, 3.63) is 22.8 Å². The first-order valence-corrected chi connectivity index (χ1v) is 18.3. The lowest BCUT2D eigenvalue weighted by molar-refractivity contribution is -0.234. The van der Waals surface area contributed by atoms with E-state index in [1.807, 2.05) is 0 Å². The number of hydrogen-bond donors (Lipinski definition) is 3. The van der Waals surface area contributed by atoms with Crippen molar-refractivity contribution >= 4 is 11.9 Å². The highest BCUT2D eigenvalue weighted by atomic mass is 16.5. The average Bonchev–Trinajstić information content (AvgIpc) is 3.24. The number of ether oxygens (including phenoxy) is 1. The highest BCUT2D eigenvalue weighted by Gasteiger charge is 2.70. The summed E-state index contributed by atoms with van der Waals surface area (Å²) in [4.78, 5) is 27.0. The molecule has 0 unspecified atom stereocenters. The molecule has 5 saturated carbocycles. The number of carbonyl (C=O) groups is 2. The Kier molecular flexibility index (Phi) is 10.1. The Balaban J connectivity index is 1.57. The molecule has 5 fully saturated rings. The summed E-state index contributed by atoms with van der Waals surface area (Å²) in [6, 6.07) is 0.0922. The van der Waals surface area contributed by atoms with E-state index in [0.717, 1.165) is 56.1 Å². The molecule has 0 aromatic carbocycles. The molecule has 6 nitrogen and oxygen atoms in total. The summed E-state index contributed by atoms with van der Waals surface area (Å²) in [6.45, 7) is 17.2. The van der Waals surface area contributed by atoms with Gasteiger partial charge < -0.3 is 20.3 Å². The predicted molar refractivity (Wildman–Crippen MR) is 179 cm³/mol. The topological polar surface area (TPSA) is 95.9 Å². The summed E-state index contributed by atoms with van der Waals surface area (Å²) in [7, 11) is 0. The van der Waals surface area contributed by atoms with Gasteiger partial charge in [-0.1, -0.05) is 58.6 Å². The Morgan fingerprint density at radius 3 is 2.31 bits per heavy atom. The minimum Gasteiger partial charge on any atom is -0.458 e. The van der Waals surface area contributed by atoms with Crippen LogP contribution in [0, 0.1) is 45.8 Å². The maximum Gasteiger partial charge on any atom is 0.303 e. The van der Waals surface area contributed by atoms with Crippen LogP contribution < -0.4 is 5.32 Å². The van der Waals surface area contributed by atoms with Crippen molar-refractivity contribution in [2.24, 2.45) is 45.8 Å². The van der Waals surface area contributed by atoms with Crippen LogP contribution in [0.1, 0.15) is 139 Å². The largest absolute Gasteiger partial charge is 0.458 e. The lowest BCUT2D eigenvalue weighted by Gasteiger charge is -2.69. The number of rotatable bonds is 7. The molecule has 254 valence electrons. The molecule has 0 aliphatic heterocycles. The van der Waals surface area contributed by atoms with Gasteiger partial charge in [0.15, 0.2) is 0 Å². The molecule has 3 N–H and O–H groups in total. The Morgan fingerprint density at radius 2 is 1.67 bits per heavy atom. The van der Waals surface area contributed by atoms with Crippen molar-refractivity contribution in [1.82, 2.24) is 5.32 Å². The zero-order valence-corrected chi connectivity index (χ0v) is 29.6. The lowest BCUT2D eigenvalue weighted by atomic mass is 9.36. The van der Waals surface area contributed by atoms with Crippen molar-refractivity contribution in [2.75, 3.05) is 0 Å². The number of aliphatic hydroxyl groups is 2. The van der Waals surface area contributed by atoms with Gasteiger partial charge in [-0.15, -0.1) is 0 Å². The molecule has 0 saturated heterocycles. The second kappa shape index (κ2) is 13.1. The summed E-state index contributed by atoms with van der Waals surface area (Å²) in [5.41, 5.74) is 2.47. The number of hydrogen-bond acceptors (Lipinski definition) is 5. The highest BCUT2D eigenvalue weighted by Crippen LogP contribution is 2.74. The maximum absolute atomic E-state index is 14.4. The Hall–Kier alpha value is -1.66. The molecule has 0 spiro atoms. The summed E-state index contributed by atoms with van der Waals surface area (Å²) in [5.74, 6) is 0.811. The van der Waals surface area contributed by atoms with E-state index in [0.29, 0.717) is 31.1 Å². The molecular formula is C39H63NO5. The first-order chi connectivity index (χ1) is 21.1. The molecule has 0 aromatic heterocycles. The number of nitrogens with one attached hydrogen (secondary N) is 1. The van der Waals surface area contributed by atoms with Crippen molar-refractivity contribution in [3.63, 3.8) is 0 Å². The van der Waals surface area contributed by atoms with Gasteiger partial charge in [0.2, 0.25) is 5.91 Å². The monoisotopic (exact) mass is 625 g/mol. The van der Waals surface area contributed by atoms with E-state index in [9.17, 15) is 19.8 Å². The number of allylic oxidation sites excluding steroid dienone is 2. The second-order valence-electron chi connectivity index (χ2n) is 17.0. The van der Waals surface area contributed by atoms with Crippen molar-refractivity contribution in [1.29, 1.82) is 0 Å².